The van der Waals surface area contributed by atoms with Crippen molar-refractivity contribution in [2.24, 2.45) is 0 Å². The summed E-state index contributed by atoms with van der Waals surface area (Å²) >= 11 is 6.68. The van der Waals surface area contributed by atoms with E-state index in [9.17, 15) is 0 Å². The highest BCUT2D eigenvalue weighted by molar-refractivity contribution is 6.31. The minimum absolute atomic E-state index is 0.00890. The van der Waals surface area contributed by atoms with E-state index in [4.69, 9.17) is 26.8 Å². The van der Waals surface area contributed by atoms with Crippen molar-refractivity contribution < 1.29 is 9.47 Å². The van der Waals surface area contributed by atoms with E-state index in [2.05, 4.69) is 33.1 Å². The number of aryl methyl sites for hydroxylation is 1. The summed E-state index contributed by atoms with van der Waals surface area (Å²) in [5.41, 5.74) is 9.00. The van der Waals surface area contributed by atoms with E-state index in [1.165, 1.54) is 5.56 Å². The van der Waals surface area contributed by atoms with Crippen LogP contribution < -0.4 is 10.6 Å². The predicted octanol–water partition coefficient (Wildman–Crippen LogP) is 3.10. The summed E-state index contributed by atoms with van der Waals surface area (Å²) in [4.78, 5) is 10.9. The molecule has 2 aromatic rings. The van der Waals surface area contributed by atoms with Crippen molar-refractivity contribution in [3.8, 4) is 0 Å². The second-order valence-corrected chi connectivity index (χ2v) is 7.29. The fraction of sp³-hybridized carbons (Fsp3) is 0.474. The van der Waals surface area contributed by atoms with Crippen LogP contribution in [0.3, 0.4) is 0 Å². The third-order valence-electron chi connectivity index (χ3n) is 4.98. The first-order valence-electron chi connectivity index (χ1n) is 8.94. The van der Waals surface area contributed by atoms with Crippen LogP contribution in [0, 0.1) is 6.92 Å². The van der Waals surface area contributed by atoms with Crippen LogP contribution in [0.2, 0.25) is 5.02 Å². The molecule has 1 aromatic carbocycles. The Labute approximate surface area is 158 Å². The lowest BCUT2D eigenvalue weighted by Gasteiger charge is -2.32. The fourth-order valence-electron chi connectivity index (χ4n) is 3.53. The number of rotatable bonds is 3. The van der Waals surface area contributed by atoms with Gasteiger partial charge in [-0.25, -0.2) is 4.98 Å². The van der Waals surface area contributed by atoms with Crippen molar-refractivity contribution in [2.75, 3.05) is 43.6 Å². The molecule has 0 spiro atoms. The normalized spacial score (nSPS) is 21.3. The summed E-state index contributed by atoms with van der Waals surface area (Å²) < 4.78 is 11.1. The quantitative estimate of drug-likeness (QED) is 0.889. The summed E-state index contributed by atoms with van der Waals surface area (Å²) in [6.07, 6.45) is 0.925. The lowest BCUT2D eigenvalue weighted by molar-refractivity contribution is 0.00841. The van der Waals surface area contributed by atoms with Crippen LogP contribution in [-0.4, -0.2) is 42.9 Å². The maximum atomic E-state index is 6.68. The van der Waals surface area contributed by atoms with Gasteiger partial charge in [0.05, 0.1) is 25.9 Å². The molecule has 0 radical (unpaired) electrons. The highest BCUT2D eigenvalue weighted by Crippen LogP contribution is 2.35. The van der Waals surface area contributed by atoms with E-state index in [1.807, 2.05) is 13.0 Å². The first-order chi connectivity index (χ1) is 12.6. The number of hydrogen-bond acceptors (Lipinski definition) is 6. The minimum atomic E-state index is -0.00890. The maximum absolute atomic E-state index is 6.68. The highest BCUT2D eigenvalue weighted by atomic mass is 35.5. The number of halogens is 1. The summed E-state index contributed by atoms with van der Waals surface area (Å²) in [7, 11) is 0. The van der Waals surface area contributed by atoms with E-state index < -0.39 is 0 Å². The second kappa shape index (κ2) is 7.39. The van der Waals surface area contributed by atoms with Gasteiger partial charge in [0, 0.05) is 35.9 Å². The van der Waals surface area contributed by atoms with Gasteiger partial charge in [-0.3, -0.25) is 0 Å². The van der Waals surface area contributed by atoms with Crippen LogP contribution in [0.5, 0.6) is 0 Å². The van der Waals surface area contributed by atoms with E-state index in [0.717, 1.165) is 54.9 Å². The molecule has 0 unspecified atom stereocenters. The minimum Gasteiger partial charge on any atom is -0.380 e. The van der Waals surface area contributed by atoms with E-state index in [-0.39, 0.29) is 12.0 Å². The van der Waals surface area contributed by atoms with Crippen molar-refractivity contribution in [2.45, 2.75) is 25.3 Å². The molecule has 4 rings (SSSR count). The SMILES string of the molecule is Cc1cc(N2CCCOC[C@H]2c2ccc(C3COC3)cc2Cl)nc(N)n1. The molecule has 0 saturated carbocycles. The number of anilines is 2. The Morgan fingerprint density at radius 1 is 1.15 bits per heavy atom. The van der Waals surface area contributed by atoms with Crippen LogP contribution in [0.15, 0.2) is 24.3 Å². The summed E-state index contributed by atoms with van der Waals surface area (Å²) in [6.45, 7) is 5.58. The molecule has 2 aliphatic heterocycles. The monoisotopic (exact) mass is 374 g/mol. The molecule has 0 aliphatic carbocycles. The van der Waals surface area contributed by atoms with Gasteiger partial charge in [0.15, 0.2) is 0 Å². The Balaban J connectivity index is 1.69. The molecule has 0 amide bonds. The number of hydrogen-bond donors (Lipinski definition) is 1. The number of benzene rings is 1. The zero-order chi connectivity index (χ0) is 18.1. The van der Waals surface area contributed by atoms with Gasteiger partial charge in [-0.1, -0.05) is 23.7 Å². The molecular weight excluding hydrogens is 352 g/mol. The zero-order valence-electron chi connectivity index (χ0n) is 14.8. The highest BCUT2D eigenvalue weighted by Gasteiger charge is 2.28. The molecule has 1 aromatic heterocycles. The van der Waals surface area contributed by atoms with E-state index in [0.29, 0.717) is 12.5 Å². The predicted molar refractivity (Wildman–Crippen MR) is 102 cm³/mol. The Kier molecular flexibility index (Phi) is 4.98. The average molecular weight is 375 g/mol. The molecular formula is C19H23ClN4O2. The number of nitrogens with zero attached hydrogens (tertiary/aromatic N) is 3. The van der Waals surface area contributed by atoms with Gasteiger partial charge in [0.25, 0.3) is 0 Å². The average Bonchev–Trinajstić information content (AvgIpc) is 2.78. The first kappa shape index (κ1) is 17.5. The molecule has 0 bridgehead atoms. The lowest BCUT2D eigenvalue weighted by atomic mass is 9.95. The van der Waals surface area contributed by atoms with Crippen LogP contribution in [-0.2, 0) is 9.47 Å². The van der Waals surface area contributed by atoms with E-state index >= 15 is 0 Å². The second-order valence-electron chi connectivity index (χ2n) is 6.88. The van der Waals surface area contributed by atoms with Gasteiger partial charge in [0.1, 0.15) is 5.82 Å². The van der Waals surface area contributed by atoms with Crippen molar-refractivity contribution in [3.63, 3.8) is 0 Å². The molecule has 3 heterocycles. The van der Waals surface area contributed by atoms with Crippen molar-refractivity contribution >= 4 is 23.4 Å². The van der Waals surface area contributed by atoms with Crippen LogP contribution in [0.25, 0.3) is 0 Å². The molecule has 138 valence electrons. The van der Waals surface area contributed by atoms with Crippen LogP contribution in [0.1, 0.15) is 35.2 Å². The van der Waals surface area contributed by atoms with Gasteiger partial charge in [-0.05, 0) is 30.5 Å². The van der Waals surface area contributed by atoms with Crippen molar-refractivity contribution in [1.29, 1.82) is 0 Å². The summed E-state index contributed by atoms with van der Waals surface area (Å²) in [5, 5.41) is 0.758. The molecule has 2 aliphatic rings. The Morgan fingerprint density at radius 3 is 2.69 bits per heavy atom. The van der Waals surface area contributed by atoms with Gasteiger partial charge in [-0.2, -0.15) is 4.98 Å². The topological polar surface area (TPSA) is 73.5 Å². The Hall–Kier alpha value is -1.89. The number of ether oxygens (including phenoxy) is 2. The van der Waals surface area contributed by atoms with Gasteiger partial charge < -0.3 is 20.1 Å². The Bertz CT molecular complexity index is 777. The number of aromatic nitrogens is 2. The van der Waals surface area contributed by atoms with Gasteiger partial charge in [0.2, 0.25) is 5.95 Å². The molecule has 2 N–H and O–H groups in total. The van der Waals surface area contributed by atoms with Crippen molar-refractivity contribution in [3.05, 3.63) is 46.1 Å². The summed E-state index contributed by atoms with van der Waals surface area (Å²) in [6, 6.07) is 8.28. The van der Waals surface area contributed by atoms with Crippen molar-refractivity contribution in [1.82, 2.24) is 9.97 Å². The molecule has 6 nitrogen and oxygen atoms in total. The first-order valence-corrected chi connectivity index (χ1v) is 9.32. The number of nitrogens with two attached hydrogens (primary N) is 1. The fourth-order valence-corrected chi connectivity index (χ4v) is 3.84. The summed E-state index contributed by atoms with van der Waals surface area (Å²) in [5.74, 6) is 1.56. The molecule has 26 heavy (non-hydrogen) atoms. The molecule has 2 fully saturated rings. The molecule has 2 saturated heterocycles. The van der Waals surface area contributed by atoms with Gasteiger partial charge in [-0.15, -0.1) is 0 Å². The molecule has 7 heteroatoms. The molecule has 1 atom stereocenters. The third-order valence-corrected chi connectivity index (χ3v) is 5.31. The van der Waals surface area contributed by atoms with Crippen LogP contribution >= 0.6 is 11.6 Å². The Morgan fingerprint density at radius 2 is 2.00 bits per heavy atom. The van der Waals surface area contributed by atoms with E-state index in [1.54, 1.807) is 0 Å². The van der Waals surface area contributed by atoms with Crippen LogP contribution in [0.4, 0.5) is 11.8 Å². The zero-order valence-corrected chi connectivity index (χ0v) is 15.6. The van der Waals surface area contributed by atoms with Gasteiger partial charge >= 0.3 is 0 Å². The maximum Gasteiger partial charge on any atom is 0.222 e. The third kappa shape index (κ3) is 3.49. The largest absolute Gasteiger partial charge is 0.380 e. The standard InChI is InChI=1S/C19H23ClN4O2/c1-12-7-18(23-19(21)22-12)24-5-2-6-25-11-17(24)15-4-3-13(8-16(15)20)14-9-26-10-14/h3-4,7-8,14,17H,2,5-6,9-11H2,1H3,(H2,21,22,23)/t17-/m0/s1. The lowest BCUT2D eigenvalue weighted by Crippen LogP contribution is -2.32. The smallest absolute Gasteiger partial charge is 0.222 e. The number of nitrogen functional groups attached to an aromatic ring is 1.